The quantitative estimate of drug-likeness (QED) is 0.368. The van der Waals surface area contributed by atoms with Crippen molar-refractivity contribution in [3.05, 3.63) is 47.8 Å². The minimum atomic E-state index is -4.98. The van der Waals surface area contributed by atoms with Gasteiger partial charge in [-0.15, -0.1) is 0 Å². The molecule has 1 saturated heterocycles. The minimum Gasteiger partial charge on any atom is -0.492 e. The molecule has 38 heavy (non-hydrogen) atoms. The molecule has 0 radical (unpaired) electrons. The molecule has 2 atom stereocenters. The molecular weight excluding hydrogens is 550 g/mol. The van der Waals surface area contributed by atoms with E-state index in [9.17, 15) is 40.6 Å². The van der Waals surface area contributed by atoms with Gasteiger partial charge in [0.2, 0.25) is 0 Å². The predicted molar refractivity (Wildman–Crippen MR) is 121 cm³/mol. The van der Waals surface area contributed by atoms with Crippen molar-refractivity contribution in [3.63, 3.8) is 0 Å². The van der Waals surface area contributed by atoms with Crippen LogP contribution in [0.15, 0.2) is 41.3 Å². The summed E-state index contributed by atoms with van der Waals surface area (Å²) >= 11 is 0.448. The number of nitrogens with zero attached hydrogens (tertiary/aromatic N) is 1. The van der Waals surface area contributed by atoms with E-state index in [1.165, 1.54) is 17.0 Å². The molecule has 2 unspecified atom stereocenters. The smallest absolute Gasteiger partial charge is 0.420 e. The maximum atomic E-state index is 15.3. The molecule has 0 spiro atoms. The molecule has 2 heterocycles. The molecule has 208 valence electrons. The van der Waals surface area contributed by atoms with Gasteiger partial charge in [0.15, 0.2) is 5.50 Å². The molecule has 2 aromatic rings. The average Bonchev–Trinajstić information content (AvgIpc) is 2.91. The number of carboxylic acids is 1. The molecule has 14 heteroatoms. The van der Waals surface area contributed by atoms with Crippen LogP contribution >= 0.6 is 11.8 Å². The van der Waals surface area contributed by atoms with Gasteiger partial charge >= 0.3 is 18.3 Å². The number of hydrogen-bond donors (Lipinski definition) is 1. The monoisotopic (exact) mass is 571 g/mol. The first-order valence-electron chi connectivity index (χ1n) is 11.3. The number of ether oxygens (including phenoxy) is 2. The van der Waals surface area contributed by atoms with Crippen LogP contribution in [0, 0.1) is 17.2 Å². The van der Waals surface area contributed by atoms with Crippen LogP contribution in [-0.2, 0) is 15.7 Å². The van der Waals surface area contributed by atoms with Gasteiger partial charge in [0.1, 0.15) is 23.6 Å². The highest BCUT2D eigenvalue weighted by Crippen LogP contribution is 2.50. The zero-order valence-electron chi connectivity index (χ0n) is 19.4. The Hall–Kier alpha value is -2.74. The number of carboxylic acid groups (broad SMARTS) is 1. The fraction of sp³-hybridized carbons (Fsp3) is 0.458. The number of halogens is 8. The second-order valence-electron chi connectivity index (χ2n) is 9.15. The van der Waals surface area contributed by atoms with Crippen molar-refractivity contribution in [2.45, 2.75) is 35.6 Å². The molecule has 0 aromatic heterocycles. The van der Waals surface area contributed by atoms with Crippen molar-refractivity contribution in [2.24, 2.45) is 11.3 Å². The van der Waals surface area contributed by atoms with Crippen LogP contribution in [0.3, 0.4) is 0 Å². The van der Waals surface area contributed by atoms with Crippen molar-refractivity contribution in [1.82, 2.24) is 0 Å². The highest BCUT2D eigenvalue weighted by Gasteiger charge is 2.48. The molecule has 4 rings (SSSR count). The van der Waals surface area contributed by atoms with Gasteiger partial charge in [-0.1, -0.05) is 11.8 Å². The van der Waals surface area contributed by atoms with Crippen LogP contribution in [0.4, 0.5) is 46.5 Å². The number of aliphatic carboxylic acids is 1. The molecule has 5 nitrogen and oxygen atoms in total. The van der Waals surface area contributed by atoms with E-state index in [0.29, 0.717) is 17.8 Å². The Morgan fingerprint density at radius 3 is 2.32 bits per heavy atom. The van der Waals surface area contributed by atoms with Gasteiger partial charge in [-0.25, -0.2) is 8.78 Å². The summed E-state index contributed by atoms with van der Waals surface area (Å²) in [5.41, 5.74) is -4.75. The van der Waals surface area contributed by atoms with Crippen molar-refractivity contribution < 1.29 is 54.5 Å². The van der Waals surface area contributed by atoms with Crippen LogP contribution < -0.4 is 9.64 Å². The van der Waals surface area contributed by atoms with Gasteiger partial charge in [-0.2, -0.15) is 26.3 Å². The molecule has 0 bridgehead atoms. The Bertz CT molecular complexity index is 1170. The van der Waals surface area contributed by atoms with Crippen molar-refractivity contribution in [2.75, 3.05) is 31.3 Å². The first-order valence-corrected chi connectivity index (χ1v) is 12.2. The van der Waals surface area contributed by atoms with E-state index in [0.717, 1.165) is 18.2 Å². The minimum absolute atomic E-state index is 0.0615. The molecule has 2 aliphatic heterocycles. The normalized spacial score (nSPS) is 21.3. The van der Waals surface area contributed by atoms with E-state index in [4.69, 9.17) is 9.47 Å². The summed E-state index contributed by atoms with van der Waals surface area (Å²) in [5, 5.41) is 9.42. The van der Waals surface area contributed by atoms with Crippen LogP contribution in [0.1, 0.15) is 18.4 Å². The van der Waals surface area contributed by atoms with E-state index in [2.05, 4.69) is 0 Å². The second-order valence-corrected chi connectivity index (χ2v) is 10.3. The molecule has 2 aromatic carbocycles. The number of hydrogen-bond acceptors (Lipinski definition) is 5. The zero-order valence-corrected chi connectivity index (χ0v) is 20.2. The van der Waals surface area contributed by atoms with Gasteiger partial charge in [0.25, 0.3) is 0 Å². The lowest BCUT2D eigenvalue weighted by molar-refractivity contribution is -0.185. The van der Waals surface area contributed by atoms with Crippen LogP contribution in [0.2, 0.25) is 0 Å². The Labute approximate surface area is 215 Å². The van der Waals surface area contributed by atoms with Gasteiger partial charge < -0.3 is 19.5 Å². The summed E-state index contributed by atoms with van der Waals surface area (Å²) in [6.07, 6.45) is -11.5. The summed E-state index contributed by atoms with van der Waals surface area (Å²) in [6, 6.07) is 6.11. The highest BCUT2D eigenvalue weighted by atomic mass is 32.2. The maximum absolute atomic E-state index is 15.3. The van der Waals surface area contributed by atoms with Gasteiger partial charge in [0.05, 0.1) is 24.5 Å². The molecular formula is C24H21F8NO4S. The van der Waals surface area contributed by atoms with Crippen LogP contribution in [-0.4, -0.2) is 49.1 Å². The number of rotatable bonds is 7. The fourth-order valence-electron chi connectivity index (χ4n) is 4.10. The number of anilines is 2. The van der Waals surface area contributed by atoms with Crippen molar-refractivity contribution >= 4 is 29.1 Å². The molecule has 1 N–H and O–H groups in total. The first-order chi connectivity index (χ1) is 17.7. The van der Waals surface area contributed by atoms with E-state index in [-0.39, 0.29) is 29.5 Å². The topological polar surface area (TPSA) is 59.0 Å². The van der Waals surface area contributed by atoms with Gasteiger partial charge in [0, 0.05) is 29.5 Å². The lowest BCUT2D eigenvalue weighted by Crippen LogP contribution is -2.53. The molecule has 0 amide bonds. The number of alkyl halides is 7. The maximum Gasteiger partial charge on any atom is 0.420 e. The summed E-state index contributed by atoms with van der Waals surface area (Å²) < 4.78 is 120. The third-order valence-corrected chi connectivity index (χ3v) is 7.53. The third-order valence-electron chi connectivity index (χ3n) is 6.34. The van der Waals surface area contributed by atoms with Crippen LogP contribution in [0.5, 0.6) is 5.75 Å². The van der Waals surface area contributed by atoms with Crippen molar-refractivity contribution in [3.8, 4) is 5.75 Å². The average molecular weight is 571 g/mol. The Morgan fingerprint density at radius 2 is 1.79 bits per heavy atom. The Kier molecular flexibility index (Phi) is 7.77. The largest absolute Gasteiger partial charge is 0.492 e. The number of benzene rings is 2. The lowest BCUT2D eigenvalue weighted by atomic mass is 9.87. The molecule has 0 saturated carbocycles. The first kappa shape index (κ1) is 28.3. The highest BCUT2D eigenvalue weighted by molar-refractivity contribution is 8.00. The summed E-state index contributed by atoms with van der Waals surface area (Å²) in [5.74, 6) is -3.96. The van der Waals surface area contributed by atoms with E-state index in [1.54, 1.807) is 0 Å². The summed E-state index contributed by atoms with van der Waals surface area (Å²) in [6.45, 7) is -1.59. The second kappa shape index (κ2) is 10.4. The van der Waals surface area contributed by atoms with Gasteiger partial charge in [-0.3, -0.25) is 4.79 Å². The predicted octanol–water partition coefficient (Wildman–Crippen LogP) is 6.82. The van der Waals surface area contributed by atoms with Gasteiger partial charge in [-0.05, 0) is 42.8 Å². The van der Waals surface area contributed by atoms with E-state index >= 15 is 4.39 Å². The van der Waals surface area contributed by atoms with Crippen LogP contribution in [0.25, 0.3) is 0 Å². The zero-order chi connectivity index (χ0) is 27.9. The lowest BCUT2D eigenvalue weighted by Gasteiger charge is -2.37. The fourth-order valence-corrected chi connectivity index (χ4v) is 5.22. The summed E-state index contributed by atoms with van der Waals surface area (Å²) in [4.78, 5) is 12.7. The Balaban J connectivity index is 1.77. The summed E-state index contributed by atoms with van der Waals surface area (Å²) in [7, 11) is 0. The standard InChI is InChI=1S/C24H21F8NO4S/c25-14-1-3-15(4-2-14)33-9-13(5-6-23(27,28)29)20(26)38-19-8-18(16(7-17(19)33)24(30,31)32)37-12-22(21(34)35)10-36-11-22/h1-4,7-8,13,20H,5-6,9-12H2,(H,34,35). The number of thioether (sulfide) groups is 1. The third kappa shape index (κ3) is 6.11. The number of carbonyl (C=O) groups is 1. The van der Waals surface area contributed by atoms with E-state index in [1.807, 2.05) is 0 Å². The molecule has 0 aliphatic carbocycles. The molecule has 2 aliphatic rings. The SMILES string of the molecule is O=C(O)C1(COc2cc3c(cc2C(F)(F)F)N(c2ccc(F)cc2)CC(CCC(F)(F)F)C(F)S3)COC1. The van der Waals surface area contributed by atoms with E-state index < -0.39 is 78.3 Å². The van der Waals surface area contributed by atoms with Crippen molar-refractivity contribution in [1.29, 1.82) is 0 Å². The molecule has 1 fully saturated rings. The number of fused-ring (bicyclic) bond motifs is 1. The Morgan fingerprint density at radius 1 is 1.13 bits per heavy atom.